The van der Waals surface area contributed by atoms with Crippen LogP contribution in [0.15, 0.2) is 48.5 Å². The van der Waals surface area contributed by atoms with E-state index < -0.39 is 18.0 Å². The molecule has 45 heavy (non-hydrogen) atoms. The van der Waals surface area contributed by atoms with Gasteiger partial charge in [-0.15, -0.1) is 0 Å². The van der Waals surface area contributed by atoms with E-state index in [0.29, 0.717) is 32.6 Å². The Morgan fingerprint density at radius 1 is 0.733 bits per heavy atom. The van der Waals surface area contributed by atoms with E-state index in [0.717, 1.165) is 36.9 Å². The lowest BCUT2D eigenvalue weighted by molar-refractivity contribution is -0.159. The maximum atomic E-state index is 13.0. The standard InChI is InChI=1S/C16H20FNO3.C13H16FNO.C5H10O3/c1-3-21-16(20)14-5-4-10-18(15(14)19)11(2)12-6-8-13(17)9-7-12;1-10(11-5-7-12(14)8-6-11)15-9-3-2-4-13(15)16;1-3-7-5(6)8-4-2/h6-9,11,14H,3-5,10H2,1-2H3;5-8,10H,2-4,9H2,1H3;3-4H2,1-2H3. The monoisotopic (exact) mass is 632 g/mol. The molecule has 3 unspecified atom stereocenters. The molecule has 3 atom stereocenters. The molecular formula is C34H46F2N2O7. The zero-order chi connectivity index (χ0) is 33.4. The molecule has 9 nitrogen and oxygen atoms in total. The summed E-state index contributed by atoms with van der Waals surface area (Å²) in [6, 6.07) is 12.3. The average molecular weight is 633 g/mol. The lowest BCUT2D eigenvalue weighted by atomic mass is 9.94. The molecule has 0 aliphatic carbocycles. The minimum Gasteiger partial charge on any atom is -0.465 e. The van der Waals surface area contributed by atoms with Crippen LogP contribution in [0.1, 0.15) is 89.9 Å². The van der Waals surface area contributed by atoms with Crippen molar-refractivity contribution in [3.05, 3.63) is 71.3 Å². The van der Waals surface area contributed by atoms with Gasteiger partial charge in [-0.05, 0) is 95.7 Å². The molecule has 2 aliphatic heterocycles. The number of amides is 2. The quantitative estimate of drug-likeness (QED) is 0.234. The average Bonchev–Trinajstić information content (AvgIpc) is 3.02. The normalized spacial score (nSPS) is 17.5. The molecule has 2 saturated heterocycles. The van der Waals surface area contributed by atoms with Crippen LogP contribution in [0.25, 0.3) is 0 Å². The number of hydrogen-bond acceptors (Lipinski definition) is 7. The Labute approximate surface area is 264 Å². The molecule has 248 valence electrons. The molecule has 0 aromatic heterocycles. The fourth-order valence-corrected chi connectivity index (χ4v) is 5.10. The Balaban J connectivity index is 0.000000259. The van der Waals surface area contributed by atoms with Crippen molar-refractivity contribution in [2.75, 3.05) is 32.9 Å². The Morgan fingerprint density at radius 2 is 1.20 bits per heavy atom. The summed E-state index contributed by atoms with van der Waals surface area (Å²) in [7, 11) is 0. The summed E-state index contributed by atoms with van der Waals surface area (Å²) >= 11 is 0. The van der Waals surface area contributed by atoms with Crippen LogP contribution in [-0.4, -0.2) is 66.6 Å². The maximum absolute atomic E-state index is 13.0. The number of piperidine rings is 2. The van der Waals surface area contributed by atoms with Crippen molar-refractivity contribution < 1.29 is 42.2 Å². The highest BCUT2D eigenvalue weighted by Gasteiger charge is 2.37. The van der Waals surface area contributed by atoms with Crippen LogP contribution in [-0.2, 0) is 28.6 Å². The van der Waals surface area contributed by atoms with Crippen molar-refractivity contribution in [1.29, 1.82) is 0 Å². The third-order valence-corrected chi connectivity index (χ3v) is 7.57. The number of benzene rings is 2. The number of ether oxygens (including phenoxy) is 3. The van der Waals surface area contributed by atoms with Crippen molar-refractivity contribution >= 4 is 23.9 Å². The predicted molar refractivity (Wildman–Crippen MR) is 165 cm³/mol. The molecule has 0 spiro atoms. The van der Waals surface area contributed by atoms with Crippen LogP contribution < -0.4 is 0 Å². The molecule has 0 bridgehead atoms. The van der Waals surface area contributed by atoms with Crippen LogP contribution >= 0.6 is 0 Å². The van der Waals surface area contributed by atoms with Crippen molar-refractivity contribution in [3.63, 3.8) is 0 Å². The van der Waals surface area contributed by atoms with Gasteiger partial charge in [-0.1, -0.05) is 24.3 Å². The third kappa shape index (κ3) is 11.8. The zero-order valence-corrected chi connectivity index (χ0v) is 26.9. The lowest BCUT2D eigenvalue weighted by Gasteiger charge is -2.35. The maximum Gasteiger partial charge on any atom is 0.508 e. The summed E-state index contributed by atoms with van der Waals surface area (Å²) in [6.07, 6.45) is 3.41. The summed E-state index contributed by atoms with van der Waals surface area (Å²) in [5.74, 6) is -1.68. The van der Waals surface area contributed by atoms with Gasteiger partial charge in [0.1, 0.15) is 17.6 Å². The van der Waals surface area contributed by atoms with Crippen LogP contribution in [0.5, 0.6) is 0 Å². The van der Waals surface area contributed by atoms with Crippen molar-refractivity contribution in [3.8, 4) is 0 Å². The molecule has 2 aromatic rings. The molecule has 2 amide bonds. The Bertz CT molecular complexity index is 1220. The Hall–Kier alpha value is -4.02. The first-order valence-electron chi connectivity index (χ1n) is 15.6. The largest absolute Gasteiger partial charge is 0.508 e. The van der Waals surface area contributed by atoms with Crippen LogP contribution in [0.2, 0.25) is 0 Å². The molecule has 11 heteroatoms. The highest BCUT2D eigenvalue weighted by molar-refractivity contribution is 5.98. The Kier molecular flexibility index (Phi) is 16.0. The van der Waals surface area contributed by atoms with E-state index in [1.54, 1.807) is 49.9 Å². The van der Waals surface area contributed by atoms with Gasteiger partial charge in [0.05, 0.1) is 31.9 Å². The van der Waals surface area contributed by atoms with Gasteiger partial charge < -0.3 is 24.0 Å². The zero-order valence-electron chi connectivity index (χ0n) is 26.9. The van der Waals surface area contributed by atoms with E-state index >= 15 is 0 Å². The highest BCUT2D eigenvalue weighted by atomic mass is 19.1. The summed E-state index contributed by atoms with van der Waals surface area (Å²) in [4.78, 5) is 49.8. The number of hydrogen-bond donors (Lipinski definition) is 0. The van der Waals surface area contributed by atoms with Gasteiger partial charge in [-0.25, -0.2) is 13.6 Å². The Morgan fingerprint density at radius 3 is 1.67 bits per heavy atom. The van der Waals surface area contributed by atoms with Crippen LogP contribution in [0.4, 0.5) is 13.6 Å². The molecule has 2 aliphatic rings. The lowest BCUT2D eigenvalue weighted by Crippen LogP contribution is -2.45. The SMILES string of the molecule is CC(c1ccc(F)cc1)N1CCCCC1=O.CCOC(=O)C1CCCN(C(C)c2ccc(F)cc2)C1=O.CCOC(=O)OCC. The number of esters is 1. The topological polar surface area (TPSA) is 102 Å². The number of nitrogens with zero attached hydrogens (tertiary/aromatic N) is 2. The second kappa shape index (κ2) is 19.4. The number of likely N-dealkylation sites (tertiary alicyclic amines) is 2. The fraction of sp³-hybridized carbons (Fsp3) is 0.529. The molecule has 2 heterocycles. The van der Waals surface area contributed by atoms with E-state index in [9.17, 15) is 28.0 Å². The van der Waals surface area contributed by atoms with Gasteiger partial charge in [0.25, 0.3) is 0 Å². The number of carbonyl (C=O) groups is 4. The van der Waals surface area contributed by atoms with Gasteiger partial charge in [0.15, 0.2) is 0 Å². The molecule has 0 radical (unpaired) electrons. The minimum atomic E-state index is -0.707. The van der Waals surface area contributed by atoms with Crippen LogP contribution in [0, 0.1) is 17.6 Å². The minimum absolute atomic E-state index is 0.0494. The molecule has 0 saturated carbocycles. The van der Waals surface area contributed by atoms with E-state index in [-0.39, 0.29) is 42.1 Å². The van der Waals surface area contributed by atoms with Gasteiger partial charge in [-0.2, -0.15) is 0 Å². The highest BCUT2D eigenvalue weighted by Crippen LogP contribution is 2.29. The van der Waals surface area contributed by atoms with Gasteiger partial charge in [0, 0.05) is 19.5 Å². The number of rotatable bonds is 8. The number of carbonyl (C=O) groups excluding carboxylic acids is 4. The van der Waals surface area contributed by atoms with Gasteiger partial charge in [-0.3, -0.25) is 14.4 Å². The summed E-state index contributed by atoms with van der Waals surface area (Å²) in [5.41, 5.74) is 1.85. The third-order valence-electron chi connectivity index (χ3n) is 7.57. The van der Waals surface area contributed by atoms with E-state index in [1.807, 2.05) is 18.7 Å². The molecular weight excluding hydrogens is 586 g/mol. The van der Waals surface area contributed by atoms with Crippen LogP contribution in [0.3, 0.4) is 0 Å². The molecule has 0 N–H and O–H groups in total. The number of halogens is 2. The van der Waals surface area contributed by atoms with Crippen molar-refractivity contribution in [2.24, 2.45) is 5.92 Å². The summed E-state index contributed by atoms with van der Waals surface area (Å²) in [5, 5.41) is 0. The first kappa shape index (κ1) is 37.2. The smallest absolute Gasteiger partial charge is 0.465 e. The van der Waals surface area contributed by atoms with Gasteiger partial charge >= 0.3 is 12.1 Å². The molecule has 4 rings (SSSR count). The van der Waals surface area contributed by atoms with E-state index in [4.69, 9.17) is 4.74 Å². The van der Waals surface area contributed by atoms with Crippen molar-refractivity contribution in [2.45, 2.75) is 78.8 Å². The van der Waals surface area contributed by atoms with Crippen molar-refractivity contribution in [1.82, 2.24) is 9.80 Å². The molecule has 2 aromatic carbocycles. The van der Waals surface area contributed by atoms with Gasteiger partial charge in [0.2, 0.25) is 11.8 Å². The predicted octanol–water partition coefficient (Wildman–Crippen LogP) is 6.77. The summed E-state index contributed by atoms with van der Waals surface area (Å²) in [6.45, 7) is 11.5. The second-order valence-electron chi connectivity index (χ2n) is 10.6. The second-order valence-corrected chi connectivity index (χ2v) is 10.6. The first-order chi connectivity index (χ1) is 21.5. The molecule has 2 fully saturated rings. The van der Waals surface area contributed by atoms with E-state index in [1.165, 1.54) is 24.3 Å². The summed E-state index contributed by atoms with van der Waals surface area (Å²) < 4.78 is 39.6. The first-order valence-corrected chi connectivity index (χ1v) is 15.6. The van der Waals surface area contributed by atoms with E-state index in [2.05, 4.69) is 9.47 Å². The fourth-order valence-electron chi connectivity index (χ4n) is 5.10.